The SMILES string of the molecule is COc1ccccc1CCN1CCN(C(=O)CCc2ccccc2F)CC1. The van der Waals surface area contributed by atoms with E-state index in [1.54, 1.807) is 19.2 Å². The largest absolute Gasteiger partial charge is 0.496 e. The molecule has 1 fully saturated rings. The third kappa shape index (κ3) is 5.30. The number of hydrogen-bond donors (Lipinski definition) is 0. The second-order valence-corrected chi connectivity index (χ2v) is 6.88. The number of ether oxygens (including phenoxy) is 1. The van der Waals surface area contributed by atoms with E-state index in [2.05, 4.69) is 11.0 Å². The summed E-state index contributed by atoms with van der Waals surface area (Å²) >= 11 is 0. The van der Waals surface area contributed by atoms with E-state index in [4.69, 9.17) is 4.74 Å². The lowest BCUT2D eigenvalue weighted by Crippen LogP contribution is -2.49. The maximum atomic E-state index is 13.7. The Morgan fingerprint density at radius 3 is 2.33 bits per heavy atom. The van der Waals surface area contributed by atoms with Crippen molar-refractivity contribution in [1.29, 1.82) is 0 Å². The molecule has 144 valence electrons. The van der Waals surface area contributed by atoms with E-state index >= 15 is 0 Å². The van der Waals surface area contributed by atoms with Crippen LogP contribution in [0.2, 0.25) is 0 Å². The Morgan fingerprint density at radius 2 is 1.63 bits per heavy atom. The highest BCUT2D eigenvalue weighted by Crippen LogP contribution is 2.18. The van der Waals surface area contributed by atoms with Crippen LogP contribution in [-0.2, 0) is 17.6 Å². The predicted molar refractivity (Wildman–Crippen MR) is 104 cm³/mol. The van der Waals surface area contributed by atoms with E-state index in [1.165, 1.54) is 11.6 Å². The third-order valence-electron chi connectivity index (χ3n) is 5.18. The van der Waals surface area contributed by atoms with Crippen LogP contribution in [0.3, 0.4) is 0 Å². The Kier molecular flexibility index (Phi) is 6.82. The summed E-state index contributed by atoms with van der Waals surface area (Å²) in [7, 11) is 1.70. The Bertz CT molecular complexity index is 757. The Balaban J connectivity index is 1.42. The monoisotopic (exact) mass is 370 g/mol. The summed E-state index contributed by atoms with van der Waals surface area (Å²) < 4.78 is 19.1. The van der Waals surface area contributed by atoms with Gasteiger partial charge in [0.05, 0.1) is 7.11 Å². The molecule has 0 atom stereocenters. The van der Waals surface area contributed by atoms with Crippen LogP contribution in [-0.4, -0.2) is 55.5 Å². The van der Waals surface area contributed by atoms with Crippen molar-refractivity contribution in [2.24, 2.45) is 0 Å². The molecule has 1 aliphatic heterocycles. The van der Waals surface area contributed by atoms with Gasteiger partial charge >= 0.3 is 0 Å². The van der Waals surface area contributed by atoms with Crippen molar-refractivity contribution in [2.45, 2.75) is 19.3 Å². The van der Waals surface area contributed by atoms with Crippen LogP contribution in [0.15, 0.2) is 48.5 Å². The Morgan fingerprint density at radius 1 is 0.963 bits per heavy atom. The summed E-state index contributed by atoms with van der Waals surface area (Å²) in [6, 6.07) is 14.8. The highest BCUT2D eigenvalue weighted by molar-refractivity contribution is 5.76. The van der Waals surface area contributed by atoms with Gasteiger partial charge in [0.1, 0.15) is 11.6 Å². The number of carbonyl (C=O) groups is 1. The fourth-order valence-corrected chi connectivity index (χ4v) is 3.51. The topological polar surface area (TPSA) is 32.8 Å². The zero-order valence-corrected chi connectivity index (χ0v) is 15.9. The number of nitrogens with zero attached hydrogens (tertiary/aromatic N) is 2. The second-order valence-electron chi connectivity index (χ2n) is 6.88. The van der Waals surface area contributed by atoms with Crippen molar-refractivity contribution >= 4 is 5.91 Å². The number of rotatable bonds is 7. The molecular weight excluding hydrogens is 343 g/mol. The molecule has 2 aromatic carbocycles. The summed E-state index contributed by atoms with van der Waals surface area (Å²) in [5, 5.41) is 0. The van der Waals surface area contributed by atoms with Gasteiger partial charge in [-0.05, 0) is 36.1 Å². The number of aryl methyl sites for hydroxylation is 1. The van der Waals surface area contributed by atoms with E-state index < -0.39 is 0 Å². The number of benzene rings is 2. The van der Waals surface area contributed by atoms with Gasteiger partial charge in [0.25, 0.3) is 0 Å². The van der Waals surface area contributed by atoms with E-state index in [0.29, 0.717) is 18.4 Å². The molecule has 0 saturated carbocycles. The number of piperazine rings is 1. The van der Waals surface area contributed by atoms with Gasteiger partial charge in [0, 0.05) is 39.1 Å². The number of hydrogen-bond acceptors (Lipinski definition) is 3. The fourth-order valence-electron chi connectivity index (χ4n) is 3.51. The molecule has 27 heavy (non-hydrogen) atoms. The lowest BCUT2D eigenvalue weighted by atomic mass is 10.1. The molecule has 0 aromatic heterocycles. The molecule has 1 heterocycles. The minimum atomic E-state index is -0.230. The highest BCUT2D eigenvalue weighted by atomic mass is 19.1. The molecule has 1 saturated heterocycles. The fraction of sp³-hybridized carbons (Fsp3) is 0.409. The minimum absolute atomic E-state index is 0.114. The van der Waals surface area contributed by atoms with Crippen LogP contribution in [0, 0.1) is 5.82 Å². The lowest BCUT2D eigenvalue weighted by Gasteiger charge is -2.35. The summed E-state index contributed by atoms with van der Waals surface area (Å²) in [4.78, 5) is 16.7. The van der Waals surface area contributed by atoms with Crippen LogP contribution >= 0.6 is 0 Å². The molecule has 1 amide bonds. The van der Waals surface area contributed by atoms with Gasteiger partial charge in [-0.1, -0.05) is 36.4 Å². The van der Waals surface area contributed by atoms with Gasteiger partial charge in [-0.25, -0.2) is 4.39 Å². The van der Waals surface area contributed by atoms with Crippen molar-refractivity contribution in [1.82, 2.24) is 9.80 Å². The van der Waals surface area contributed by atoms with Crippen molar-refractivity contribution in [2.75, 3.05) is 39.8 Å². The zero-order chi connectivity index (χ0) is 19.1. The van der Waals surface area contributed by atoms with E-state index in [9.17, 15) is 9.18 Å². The van der Waals surface area contributed by atoms with Crippen LogP contribution in [0.5, 0.6) is 5.75 Å². The van der Waals surface area contributed by atoms with Gasteiger partial charge in [-0.3, -0.25) is 9.69 Å². The number of methoxy groups -OCH3 is 1. The molecule has 0 aliphatic carbocycles. The number of para-hydroxylation sites is 1. The molecule has 4 nitrogen and oxygen atoms in total. The van der Waals surface area contributed by atoms with Crippen LogP contribution in [0.25, 0.3) is 0 Å². The smallest absolute Gasteiger partial charge is 0.222 e. The average Bonchev–Trinajstić information content (AvgIpc) is 2.72. The number of carbonyl (C=O) groups excluding carboxylic acids is 1. The molecule has 0 unspecified atom stereocenters. The van der Waals surface area contributed by atoms with Crippen molar-refractivity contribution in [3.05, 3.63) is 65.5 Å². The molecular formula is C22H27FN2O2. The normalized spacial score (nSPS) is 15.0. The van der Waals surface area contributed by atoms with Gasteiger partial charge in [-0.15, -0.1) is 0 Å². The van der Waals surface area contributed by atoms with Gasteiger partial charge in [-0.2, -0.15) is 0 Å². The minimum Gasteiger partial charge on any atom is -0.496 e. The first-order valence-corrected chi connectivity index (χ1v) is 9.53. The van der Waals surface area contributed by atoms with Crippen LogP contribution < -0.4 is 4.74 Å². The van der Waals surface area contributed by atoms with Crippen molar-refractivity contribution < 1.29 is 13.9 Å². The Labute approximate surface area is 160 Å². The summed E-state index contributed by atoms with van der Waals surface area (Å²) in [5.41, 5.74) is 1.82. The van der Waals surface area contributed by atoms with E-state index in [-0.39, 0.29) is 11.7 Å². The van der Waals surface area contributed by atoms with Crippen LogP contribution in [0.1, 0.15) is 17.5 Å². The highest BCUT2D eigenvalue weighted by Gasteiger charge is 2.21. The predicted octanol–water partition coefficient (Wildman–Crippen LogP) is 3.15. The summed E-state index contributed by atoms with van der Waals surface area (Å²) in [6.07, 6.45) is 1.76. The maximum Gasteiger partial charge on any atom is 0.222 e. The maximum absolute atomic E-state index is 13.7. The molecule has 3 rings (SSSR count). The third-order valence-corrected chi connectivity index (χ3v) is 5.18. The Hall–Kier alpha value is -2.40. The van der Waals surface area contributed by atoms with Crippen molar-refractivity contribution in [3.63, 3.8) is 0 Å². The van der Waals surface area contributed by atoms with E-state index in [0.717, 1.165) is 44.9 Å². The zero-order valence-electron chi connectivity index (χ0n) is 15.9. The molecule has 5 heteroatoms. The molecule has 0 bridgehead atoms. The summed E-state index contributed by atoms with van der Waals surface area (Å²) in [6.45, 7) is 4.18. The first-order valence-electron chi connectivity index (χ1n) is 9.53. The van der Waals surface area contributed by atoms with Gasteiger partial charge in [0.15, 0.2) is 0 Å². The lowest BCUT2D eigenvalue weighted by molar-refractivity contribution is -0.132. The standard InChI is InChI=1S/C22H27FN2O2/c1-27-21-9-5-3-7-19(21)12-13-24-14-16-25(17-15-24)22(26)11-10-18-6-2-4-8-20(18)23/h2-9H,10-17H2,1H3. The molecule has 0 radical (unpaired) electrons. The molecule has 0 N–H and O–H groups in total. The average molecular weight is 370 g/mol. The summed E-state index contributed by atoms with van der Waals surface area (Å²) in [5.74, 6) is 0.813. The molecule has 0 spiro atoms. The second kappa shape index (κ2) is 9.51. The molecule has 1 aliphatic rings. The van der Waals surface area contributed by atoms with E-state index in [1.807, 2.05) is 29.2 Å². The van der Waals surface area contributed by atoms with Gasteiger partial charge < -0.3 is 9.64 Å². The quantitative estimate of drug-likeness (QED) is 0.751. The number of amides is 1. The number of halogens is 1. The first kappa shape index (κ1) is 19.4. The first-order chi connectivity index (χ1) is 13.2. The van der Waals surface area contributed by atoms with Gasteiger partial charge in [0.2, 0.25) is 5.91 Å². The van der Waals surface area contributed by atoms with Crippen LogP contribution in [0.4, 0.5) is 4.39 Å². The molecule has 2 aromatic rings. The van der Waals surface area contributed by atoms with Crippen molar-refractivity contribution in [3.8, 4) is 5.75 Å².